The molecular weight excluding hydrogens is 344 g/mol. The summed E-state index contributed by atoms with van der Waals surface area (Å²) in [6.07, 6.45) is 1.36. The lowest BCUT2D eigenvalue weighted by atomic mass is 10.2. The van der Waals surface area contributed by atoms with Crippen LogP contribution >= 0.6 is 27.5 Å². The number of aromatic hydroxyl groups is 1. The molecule has 2 aromatic carbocycles. The molecule has 0 unspecified atom stereocenters. The summed E-state index contributed by atoms with van der Waals surface area (Å²) in [5, 5.41) is 13.9. The van der Waals surface area contributed by atoms with E-state index in [1.54, 1.807) is 36.4 Å². The Kier molecular flexibility index (Phi) is 4.76. The highest BCUT2D eigenvalue weighted by Gasteiger charge is 2.04. The second kappa shape index (κ2) is 6.54. The molecular formula is C14H10BrClN2O2. The van der Waals surface area contributed by atoms with E-state index >= 15 is 0 Å². The number of hydrogen-bond acceptors (Lipinski definition) is 3. The van der Waals surface area contributed by atoms with Gasteiger partial charge >= 0.3 is 0 Å². The molecule has 6 heteroatoms. The molecule has 0 aliphatic carbocycles. The Balaban J connectivity index is 2.06. The Morgan fingerprint density at radius 2 is 2.10 bits per heavy atom. The quantitative estimate of drug-likeness (QED) is 0.654. The third-order valence-corrected chi connectivity index (χ3v) is 3.17. The molecule has 0 fully saturated rings. The van der Waals surface area contributed by atoms with Crippen molar-refractivity contribution in [3.8, 4) is 5.75 Å². The first-order chi connectivity index (χ1) is 9.56. The van der Waals surface area contributed by atoms with Crippen LogP contribution in [-0.4, -0.2) is 17.2 Å². The standard InChI is InChI=1S/C14H10BrClN2O2/c15-11-4-5-13(19)10(6-11)8-17-18-14(20)9-2-1-3-12(16)7-9/h1-8,19H,(H,18,20). The minimum Gasteiger partial charge on any atom is -0.507 e. The molecule has 0 atom stereocenters. The topological polar surface area (TPSA) is 61.7 Å². The maximum atomic E-state index is 11.8. The lowest BCUT2D eigenvalue weighted by Gasteiger charge is -2.01. The van der Waals surface area contributed by atoms with Gasteiger partial charge in [0, 0.05) is 20.6 Å². The summed E-state index contributed by atoms with van der Waals surface area (Å²) in [6, 6.07) is 11.5. The van der Waals surface area contributed by atoms with Gasteiger partial charge in [-0.1, -0.05) is 33.6 Å². The predicted octanol–water partition coefficient (Wildman–Crippen LogP) is 3.57. The van der Waals surface area contributed by atoms with Crippen LogP contribution < -0.4 is 5.43 Å². The molecule has 0 radical (unpaired) electrons. The largest absolute Gasteiger partial charge is 0.507 e. The minimum atomic E-state index is -0.377. The molecule has 0 saturated carbocycles. The van der Waals surface area contributed by atoms with E-state index < -0.39 is 0 Å². The van der Waals surface area contributed by atoms with Crippen molar-refractivity contribution in [1.29, 1.82) is 0 Å². The Morgan fingerprint density at radius 1 is 1.30 bits per heavy atom. The summed E-state index contributed by atoms with van der Waals surface area (Å²) in [5.74, 6) is -0.299. The molecule has 0 aliphatic heterocycles. The fourth-order valence-electron chi connectivity index (χ4n) is 1.48. The molecule has 0 aromatic heterocycles. The summed E-state index contributed by atoms with van der Waals surface area (Å²) < 4.78 is 0.804. The summed E-state index contributed by atoms with van der Waals surface area (Å²) >= 11 is 9.09. The average Bonchev–Trinajstić information content (AvgIpc) is 2.42. The fourth-order valence-corrected chi connectivity index (χ4v) is 2.05. The summed E-state index contributed by atoms with van der Waals surface area (Å²) in [4.78, 5) is 11.8. The number of phenols is 1. The zero-order valence-electron chi connectivity index (χ0n) is 10.2. The van der Waals surface area contributed by atoms with Gasteiger partial charge in [-0.15, -0.1) is 0 Å². The van der Waals surface area contributed by atoms with Gasteiger partial charge in [0.05, 0.1) is 6.21 Å². The van der Waals surface area contributed by atoms with Crippen LogP contribution in [0.4, 0.5) is 0 Å². The van der Waals surface area contributed by atoms with Gasteiger partial charge in [-0.05, 0) is 36.4 Å². The van der Waals surface area contributed by atoms with E-state index in [-0.39, 0.29) is 11.7 Å². The number of carbonyl (C=O) groups is 1. The predicted molar refractivity (Wildman–Crippen MR) is 82.3 cm³/mol. The van der Waals surface area contributed by atoms with Crippen LogP contribution in [0, 0.1) is 0 Å². The zero-order chi connectivity index (χ0) is 14.5. The summed E-state index contributed by atoms with van der Waals surface area (Å²) in [5.41, 5.74) is 3.27. The second-order valence-electron chi connectivity index (χ2n) is 3.91. The lowest BCUT2D eigenvalue weighted by molar-refractivity contribution is 0.0955. The normalized spacial score (nSPS) is 10.7. The highest BCUT2D eigenvalue weighted by atomic mass is 79.9. The molecule has 0 heterocycles. The van der Waals surface area contributed by atoms with Crippen molar-refractivity contribution in [2.45, 2.75) is 0 Å². The number of halogens is 2. The second-order valence-corrected chi connectivity index (χ2v) is 5.26. The van der Waals surface area contributed by atoms with Crippen molar-refractivity contribution >= 4 is 39.7 Å². The van der Waals surface area contributed by atoms with Gasteiger partial charge in [-0.25, -0.2) is 5.43 Å². The smallest absolute Gasteiger partial charge is 0.271 e. The number of phenolic OH excluding ortho intramolecular Hbond substituents is 1. The Hall–Kier alpha value is -1.85. The number of nitrogens with zero attached hydrogens (tertiary/aromatic N) is 1. The van der Waals surface area contributed by atoms with Gasteiger partial charge in [0.25, 0.3) is 5.91 Å². The van der Waals surface area contributed by atoms with E-state index in [0.29, 0.717) is 16.1 Å². The molecule has 0 spiro atoms. The number of amides is 1. The van der Waals surface area contributed by atoms with E-state index in [4.69, 9.17) is 11.6 Å². The van der Waals surface area contributed by atoms with E-state index in [9.17, 15) is 9.90 Å². The molecule has 0 aliphatic rings. The first-order valence-electron chi connectivity index (χ1n) is 5.64. The van der Waals surface area contributed by atoms with Crippen LogP contribution in [0.3, 0.4) is 0 Å². The number of benzene rings is 2. The molecule has 1 amide bonds. The van der Waals surface area contributed by atoms with E-state index in [1.165, 1.54) is 12.3 Å². The van der Waals surface area contributed by atoms with E-state index in [1.807, 2.05) is 0 Å². The van der Waals surface area contributed by atoms with Crippen molar-refractivity contribution < 1.29 is 9.90 Å². The third-order valence-electron chi connectivity index (χ3n) is 2.45. The van der Waals surface area contributed by atoms with Gasteiger partial charge < -0.3 is 5.11 Å². The Morgan fingerprint density at radius 3 is 2.85 bits per heavy atom. The van der Waals surface area contributed by atoms with E-state index in [0.717, 1.165) is 4.47 Å². The van der Waals surface area contributed by atoms with Gasteiger partial charge in [0.1, 0.15) is 5.75 Å². The average molecular weight is 354 g/mol. The van der Waals surface area contributed by atoms with Gasteiger partial charge in [-0.3, -0.25) is 4.79 Å². The van der Waals surface area contributed by atoms with Crippen LogP contribution in [-0.2, 0) is 0 Å². The van der Waals surface area contributed by atoms with Crippen LogP contribution in [0.5, 0.6) is 5.75 Å². The van der Waals surface area contributed by atoms with Crippen LogP contribution in [0.2, 0.25) is 5.02 Å². The molecule has 102 valence electrons. The fraction of sp³-hybridized carbons (Fsp3) is 0. The highest BCUT2D eigenvalue weighted by molar-refractivity contribution is 9.10. The van der Waals surface area contributed by atoms with Crippen LogP contribution in [0.1, 0.15) is 15.9 Å². The van der Waals surface area contributed by atoms with E-state index in [2.05, 4.69) is 26.5 Å². The molecule has 2 rings (SSSR count). The molecule has 2 N–H and O–H groups in total. The van der Waals surface area contributed by atoms with Crippen molar-refractivity contribution in [1.82, 2.24) is 5.43 Å². The molecule has 20 heavy (non-hydrogen) atoms. The highest BCUT2D eigenvalue weighted by Crippen LogP contribution is 2.19. The molecule has 0 bridgehead atoms. The van der Waals surface area contributed by atoms with Crippen molar-refractivity contribution in [2.75, 3.05) is 0 Å². The molecule has 4 nitrogen and oxygen atoms in total. The van der Waals surface area contributed by atoms with Gasteiger partial charge in [0.15, 0.2) is 0 Å². The SMILES string of the molecule is O=C(NN=Cc1cc(Br)ccc1O)c1cccc(Cl)c1. The first-order valence-corrected chi connectivity index (χ1v) is 6.81. The number of rotatable bonds is 3. The molecule has 0 saturated heterocycles. The number of nitrogens with one attached hydrogen (secondary N) is 1. The number of carbonyl (C=O) groups excluding carboxylic acids is 1. The summed E-state index contributed by atoms with van der Waals surface area (Å²) in [6.45, 7) is 0. The summed E-state index contributed by atoms with van der Waals surface area (Å²) in [7, 11) is 0. The monoisotopic (exact) mass is 352 g/mol. The van der Waals surface area contributed by atoms with Gasteiger partial charge in [0.2, 0.25) is 0 Å². The number of hydrogen-bond donors (Lipinski definition) is 2. The third kappa shape index (κ3) is 3.82. The Bertz CT molecular complexity index is 674. The molecule has 2 aromatic rings. The van der Waals surface area contributed by atoms with Crippen molar-refractivity contribution in [3.05, 3.63) is 63.1 Å². The number of hydrazone groups is 1. The van der Waals surface area contributed by atoms with Crippen molar-refractivity contribution in [2.24, 2.45) is 5.10 Å². The lowest BCUT2D eigenvalue weighted by Crippen LogP contribution is -2.17. The Labute approximate surface area is 129 Å². The minimum absolute atomic E-state index is 0.0777. The van der Waals surface area contributed by atoms with Crippen LogP contribution in [0.15, 0.2) is 52.0 Å². The van der Waals surface area contributed by atoms with Gasteiger partial charge in [-0.2, -0.15) is 5.10 Å². The maximum absolute atomic E-state index is 11.8. The first kappa shape index (κ1) is 14.6. The van der Waals surface area contributed by atoms with Crippen molar-refractivity contribution in [3.63, 3.8) is 0 Å². The van der Waals surface area contributed by atoms with Crippen LogP contribution in [0.25, 0.3) is 0 Å². The zero-order valence-corrected chi connectivity index (χ0v) is 12.5. The maximum Gasteiger partial charge on any atom is 0.271 e.